The van der Waals surface area contributed by atoms with Gasteiger partial charge in [-0.2, -0.15) is 0 Å². The third-order valence-corrected chi connectivity index (χ3v) is 5.60. The molecule has 0 aliphatic rings. The maximum absolute atomic E-state index is 12.7. The van der Waals surface area contributed by atoms with E-state index in [9.17, 15) is 18.0 Å². The van der Waals surface area contributed by atoms with E-state index in [2.05, 4.69) is 5.32 Å². The Morgan fingerprint density at radius 3 is 2.21 bits per heavy atom. The van der Waals surface area contributed by atoms with Gasteiger partial charge in [0, 0.05) is 11.8 Å². The highest BCUT2D eigenvalue weighted by atomic mass is 32.2. The first-order valence-electron chi connectivity index (χ1n) is 7.63. The van der Waals surface area contributed by atoms with Crippen LogP contribution >= 0.6 is 0 Å². The predicted molar refractivity (Wildman–Crippen MR) is 92.0 cm³/mol. The number of carbonyl (C=O) groups excluding carboxylic acids is 1. The molecule has 0 saturated heterocycles. The van der Waals surface area contributed by atoms with Crippen molar-refractivity contribution in [2.45, 2.75) is 51.5 Å². The van der Waals surface area contributed by atoms with E-state index in [0.717, 1.165) is 6.26 Å². The standard InChI is InChI=1S/C17H25NO5S/c1-10(2)17(5,9-15(19)20)18-16(21)14-8-13(24(6,22)23)7-11(3)12(14)4/h7-8,10H,9H2,1-6H3,(H,18,21)(H,19,20). The fraction of sp³-hybridized carbons (Fsp3) is 0.529. The van der Waals surface area contributed by atoms with Gasteiger partial charge in [0.2, 0.25) is 0 Å². The number of hydrogen-bond acceptors (Lipinski definition) is 4. The Morgan fingerprint density at radius 2 is 1.79 bits per heavy atom. The van der Waals surface area contributed by atoms with Crippen molar-refractivity contribution in [1.29, 1.82) is 0 Å². The monoisotopic (exact) mass is 355 g/mol. The molecule has 24 heavy (non-hydrogen) atoms. The Balaban J connectivity index is 3.33. The Hall–Kier alpha value is -1.89. The lowest BCUT2D eigenvalue weighted by Crippen LogP contribution is -2.51. The van der Waals surface area contributed by atoms with Crippen molar-refractivity contribution in [3.8, 4) is 0 Å². The van der Waals surface area contributed by atoms with E-state index in [-0.39, 0.29) is 22.8 Å². The van der Waals surface area contributed by atoms with Crippen molar-refractivity contribution in [2.75, 3.05) is 6.26 Å². The first kappa shape index (κ1) is 20.2. The molecule has 2 N–H and O–H groups in total. The summed E-state index contributed by atoms with van der Waals surface area (Å²) in [4.78, 5) is 23.9. The molecule has 0 saturated carbocycles. The number of benzene rings is 1. The van der Waals surface area contributed by atoms with Gasteiger partial charge in [0.25, 0.3) is 5.91 Å². The number of carboxylic acids is 1. The van der Waals surface area contributed by atoms with Crippen LogP contribution in [0.5, 0.6) is 0 Å². The molecule has 1 aromatic carbocycles. The van der Waals surface area contributed by atoms with Crippen molar-refractivity contribution in [3.63, 3.8) is 0 Å². The van der Waals surface area contributed by atoms with E-state index >= 15 is 0 Å². The summed E-state index contributed by atoms with van der Waals surface area (Å²) in [6, 6.07) is 2.87. The van der Waals surface area contributed by atoms with Gasteiger partial charge in [0.05, 0.1) is 16.9 Å². The summed E-state index contributed by atoms with van der Waals surface area (Å²) in [6.07, 6.45) is 0.863. The molecule has 7 heteroatoms. The summed E-state index contributed by atoms with van der Waals surface area (Å²) in [7, 11) is -3.45. The number of sulfone groups is 1. The molecule has 1 atom stereocenters. The SMILES string of the molecule is Cc1cc(S(C)(=O)=O)cc(C(=O)NC(C)(CC(=O)O)C(C)C)c1C. The summed E-state index contributed by atoms with van der Waals surface area (Å²) in [6.45, 7) is 8.80. The Morgan fingerprint density at radius 1 is 1.25 bits per heavy atom. The molecule has 1 amide bonds. The van der Waals surface area contributed by atoms with E-state index in [1.807, 2.05) is 13.8 Å². The van der Waals surface area contributed by atoms with Crippen LogP contribution in [-0.4, -0.2) is 37.2 Å². The van der Waals surface area contributed by atoms with Crippen LogP contribution in [0.2, 0.25) is 0 Å². The Labute approximate surface area is 143 Å². The van der Waals surface area contributed by atoms with Crippen molar-refractivity contribution >= 4 is 21.7 Å². The van der Waals surface area contributed by atoms with Gasteiger partial charge in [0.1, 0.15) is 0 Å². The molecule has 1 rings (SSSR count). The average Bonchev–Trinajstić information content (AvgIpc) is 2.38. The van der Waals surface area contributed by atoms with Crippen LogP contribution in [0, 0.1) is 19.8 Å². The van der Waals surface area contributed by atoms with Gasteiger partial charge in [-0.15, -0.1) is 0 Å². The highest BCUT2D eigenvalue weighted by molar-refractivity contribution is 7.90. The summed E-state index contributed by atoms with van der Waals surface area (Å²) in [5.41, 5.74) is 0.659. The lowest BCUT2D eigenvalue weighted by atomic mass is 9.84. The van der Waals surface area contributed by atoms with Crippen LogP contribution in [0.25, 0.3) is 0 Å². The second kappa shape index (κ2) is 6.93. The van der Waals surface area contributed by atoms with Crippen LogP contribution in [0.15, 0.2) is 17.0 Å². The molecule has 0 heterocycles. The van der Waals surface area contributed by atoms with Gasteiger partial charge in [-0.3, -0.25) is 9.59 Å². The van der Waals surface area contributed by atoms with Gasteiger partial charge >= 0.3 is 5.97 Å². The molecule has 6 nitrogen and oxygen atoms in total. The molecule has 0 aliphatic heterocycles. The number of carboxylic acid groups (broad SMARTS) is 1. The van der Waals surface area contributed by atoms with E-state index in [4.69, 9.17) is 5.11 Å². The predicted octanol–water partition coefficient (Wildman–Crippen LogP) is 2.33. The lowest BCUT2D eigenvalue weighted by Gasteiger charge is -2.33. The second-order valence-corrected chi connectivity index (χ2v) is 8.80. The summed E-state index contributed by atoms with van der Waals surface area (Å²) < 4.78 is 23.6. The number of carbonyl (C=O) groups is 2. The van der Waals surface area contributed by atoms with Crippen LogP contribution in [0.4, 0.5) is 0 Å². The molecular weight excluding hydrogens is 330 g/mol. The van der Waals surface area contributed by atoms with Crippen LogP contribution in [-0.2, 0) is 14.6 Å². The zero-order chi connectivity index (χ0) is 18.9. The summed E-state index contributed by atoms with van der Waals surface area (Å²) in [5.74, 6) is -1.60. The molecule has 134 valence electrons. The van der Waals surface area contributed by atoms with Gasteiger partial charge in [0.15, 0.2) is 9.84 Å². The van der Waals surface area contributed by atoms with Gasteiger partial charge in [-0.1, -0.05) is 13.8 Å². The smallest absolute Gasteiger partial charge is 0.305 e. The van der Waals surface area contributed by atoms with Crippen molar-refractivity contribution in [3.05, 3.63) is 28.8 Å². The Kier molecular flexibility index (Phi) is 5.82. The maximum Gasteiger partial charge on any atom is 0.305 e. The molecule has 0 spiro atoms. The third-order valence-electron chi connectivity index (χ3n) is 4.51. The molecule has 0 aliphatic carbocycles. The average molecular weight is 355 g/mol. The molecule has 1 unspecified atom stereocenters. The van der Waals surface area contributed by atoms with Gasteiger partial charge in [-0.25, -0.2) is 8.42 Å². The quantitative estimate of drug-likeness (QED) is 0.815. The van der Waals surface area contributed by atoms with E-state index in [1.165, 1.54) is 12.1 Å². The van der Waals surface area contributed by atoms with E-state index < -0.39 is 27.3 Å². The fourth-order valence-corrected chi connectivity index (χ4v) is 3.03. The highest BCUT2D eigenvalue weighted by Crippen LogP contribution is 2.24. The molecule has 0 aromatic heterocycles. The minimum Gasteiger partial charge on any atom is -0.481 e. The number of aryl methyl sites for hydroxylation is 1. The number of rotatable bonds is 6. The summed E-state index contributed by atoms with van der Waals surface area (Å²) >= 11 is 0. The number of amides is 1. The maximum atomic E-state index is 12.7. The molecule has 0 radical (unpaired) electrons. The van der Waals surface area contributed by atoms with E-state index in [0.29, 0.717) is 11.1 Å². The lowest BCUT2D eigenvalue weighted by molar-refractivity contribution is -0.138. The largest absolute Gasteiger partial charge is 0.481 e. The van der Waals surface area contributed by atoms with Crippen LogP contribution in [0.1, 0.15) is 48.7 Å². The highest BCUT2D eigenvalue weighted by Gasteiger charge is 2.33. The summed E-state index contributed by atoms with van der Waals surface area (Å²) in [5, 5.41) is 11.9. The van der Waals surface area contributed by atoms with Crippen LogP contribution in [0.3, 0.4) is 0 Å². The first-order chi connectivity index (χ1) is 10.8. The van der Waals surface area contributed by atoms with Gasteiger partial charge in [-0.05, 0) is 49.9 Å². The van der Waals surface area contributed by atoms with E-state index in [1.54, 1.807) is 20.8 Å². The molecular formula is C17H25NO5S. The molecule has 1 aromatic rings. The zero-order valence-corrected chi connectivity index (χ0v) is 15.7. The van der Waals surface area contributed by atoms with Crippen molar-refractivity contribution in [1.82, 2.24) is 5.32 Å². The zero-order valence-electron chi connectivity index (χ0n) is 14.9. The number of aliphatic carboxylic acids is 1. The third kappa shape index (κ3) is 4.56. The molecule has 0 fully saturated rings. The minimum absolute atomic E-state index is 0.0697. The number of nitrogens with one attached hydrogen (secondary N) is 1. The second-order valence-electron chi connectivity index (χ2n) is 6.78. The normalized spacial score (nSPS) is 14.3. The Bertz CT molecular complexity index is 767. The molecule has 0 bridgehead atoms. The minimum atomic E-state index is -3.45. The van der Waals surface area contributed by atoms with Crippen molar-refractivity contribution < 1.29 is 23.1 Å². The van der Waals surface area contributed by atoms with Crippen molar-refractivity contribution in [2.24, 2.45) is 5.92 Å². The fourth-order valence-electron chi connectivity index (χ4n) is 2.31. The van der Waals surface area contributed by atoms with Gasteiger partial charge < -0.3 is 10.4 Å². The topological polar surface area (TPSA) is 101 Å². The number of hydrogen-bond donors (Lipinski definition) is 2. The first-order valence-corrected chi connectivity index (χ1v) is 9.52. The van der Waals surface area contributed by atoms with Crippen LogP contribution < -0.4 is 5.32 Å².